The van der Waals surface area contributed by atoms with Gasteiger partial charge < -0.3 is 0 Å². The average molecular weight is 194 g/mol. The van der Waals surface area contributed by atoms with Crippen LogP contribution in [-0.2, 0) is 0 Å². The van der Waals surface area contributed by atoms with Gasteiger partial charge >= 0.3 is 0 Å². The van der Waals surface area contributed by atoms with Gasteiger partial charge in [0.2, 0.25) is 0 Å². The Bertz CT molecular complexity index is 172. The van der Waals surface area contributed by atoms with Gasteiger partial charge in [-0.15, -0.1) is 0 Å². The molecular formula is C14H26. The van der Waals surface area contributed by atoms with E-state index in [0.717, 1.165) is 35.5 Å². The van der Waals surface area contributed by atoms with Gasteiger partial charge in [0.15, 0.2) is 0 Å². The van der Waals surface area contributed by atoms with E-state index in [9.17, 15) is 0 Å². The second-order valence-electron chi connectivity index (χ2n) is 6.38. The quantitative estimate of drug-likeness (QED) is 0.626. The van der Waals surface area contributed by atoms with Crippen molar-refractivity contribution in [3.05, 3.63) is 0 Å². The van der Waals surface area contributed by atoms with Crippen LogP contribution >= 0.6 is 0 Å². The van der Waals surface area contributed by atoms with Crippen molar-refractivity contribution in [2.75, 3.05) is 0 Å². The SMILES string of the molecule is CC(C)C1CC(C2CC2)CC1C(C)C. The molecule has 0 heteroatoms. The van der Waals surface area contributed by atoms with Crippen LogP contribution in [-0.4, -0.2) is 0 Å². The molecule has 2 aliphatic carbocycles. The molecule has 2 rings (SSSR count). The molecule has 0 aromatic rings. The molecule has 0 N–H and O–H groups in total. The summed E-state index contributed by atoms with van der Waals surface area (Å²) in [4.78, 5) is 0. The predicted molar refractivity (Wildman–Crippen MR) is 62.1 cm³/mol. The van der Waals surface area contributed by atoms with Crippen molar-refractivity contribution in [3.8, 4) is 0 Å². The van der Waals surface area contributed by atoms with Gasteiger partial charge in [0.25, 0.3) is 0 Å². The Morgan fingerprint density at radius 2 is 1.14 bits per heavy atom. The summed E-state index contributed by atoms with van der Waals surface area (Å²) in [6, 6.07) is 0. The summed E-state index contributed by atoms with van der Waals surface area (Å²) >= 11 is 0. The van der Waals surface area contributed by atoms with E-state index < -0.39 is 0 Å². The van der Waals surface area contributed by atoms with E-state index in [-0.39, 0.29) is 0 Å². The van der Waals surface area contributed by atoms with Crippen LogP contribution in [0.3, 0.4) is 0 Å². The molecular weight excluding hydrogens is 168 g/mol. The zero-order valence-electron chi connectivity index (χ0n) is 10.3. The molecule has 0 saturated heterocycles. The van der Waals surface area contributed by atoms with E-state index in [2.05, 4.69) is 27.7 Å². The third kappa shape index (κ3) is 1.99. The number of hydrogen-bond donors (Lipinski definition) is 0. The predicted octanol–water partition coefficient (Wildman–Crippen LogP) is 4.35. The zero-order chi connectivity index (χ0) is 10.3. The maximum Gasteiger partial charge on any atom is -0.0357 e. The smallest absolute Gasteiger partial charge is 0.0357 e. The third-order valence-corrected chi connectivity index (χ3v) is 4.70. The minimum absolute atomic E-state index is 0.908. The molecule has 0 nitrogen and oxygen atoms in total. The fourth-order valence-electron chi connectivity index (χ4n) is 3.63. The van der Waals surface area contributed by atoms with Gasteiger partial charge in [0.1, 0.15) is 0 Å². The van der Waals surface area contributed by atoms with Crippen molar-refractivity contribution in [1.82, 2.24) is 0 Å². The largest absolute Gasteiger partial charge is 0.0625 e. The van der Waals surface area contributed by atoms with Crippen LogP contribution in [0, 0.1) is 35.5 Å². The molecule has 0 bridgehead atoms. The molecule has 0 aromatic heterocycles. The van der Waals surface area contributed by atoms with Crippen molar-refractivity contribution >= 4 is 0 Å². The van der Waals surface area contributed by atoms with Gasteiger partial charge in [-0.25, -0.2) is 0 Å². The summed E-state index contributed by atoms with van der Waals surface area (Å²) in [5.74, 6) is 6.12. The molecule has 2 fully saturated rings. The summed E-state index contributed by atoms with van der Waals surface area (Å²) in [6.45, 7) is 9.70. The van der Waals surface area contributed by atoms with Crippen LogP contribution in [0.2, 0.25) is 0 Å². The lowest BCUT2D eigenvalue weighted by Gasteiger charge is -2.26. The maximum absolute atomic E-state index is 2.43. The Morgan fingerprint density at radius 1 is 0.714 bits per heavy atom. The molecule has 0 amide bonds. The van der Waals surface area contributed by atoms with Crippen molar-refractivity contribution < 1.29 is 0 Å². The van der Waals surface area contributed by atoms with Gasteiger partial charge in [-0.3, -0.25) is 0 Å². The first-order valence-corrected chi connectivity index (χ1v) is 6.59. The maximum atomic E-state index is 2.43. The van der Waals surface area contributed by atoms with Crippen molar-refractivity contribution in [2.45, 2.75) is 53.4 Å². The number of hydrogen-bond acceptors (Lipinski definition) is 0. The molecule has 2 aliphatic rings. The Labute approximate surface area is 89.5 Å². The molecule has 0 spiro atoms. The Balaban J connectivity index is 1.99. The molecule has 2 saturated carbocycles. The highest BCUT2D eigenvalue weighted by Gasteiger charge is 2.43. The zero-order valence-corrected chi connectivity index (χ0v) is 10.3. The van der Waals surface area contributed by atoms with E-state index in [4.69, 9.17) is 0 Å². The Kier molecular flexibility index (Phi) is 2.91. The summed E-state index contributed by atoms with van der Waals surface area (Å²) in [7, 11) is 0. The van der Waals surface area contributed by atoms with Gasteiger partial charge in [0, 0.05) is 0 Å². The fourth-order valence-corrected chi connectivity index (χ4v) is 3.63. The topological polar surface area (TPSA) is 0 Å². The molecule has 0 heterocycles. The highest BCUT2D eigenvalue weighted by atomic mass is 14.5. The minimum Gasteiger partial charge on any atom is -0.0625 e. The fraction of sp³-hybridized carbons (Fsp3) is 1.00. The lowest BCUT2D eigenvalue weighted by Crippen LogP contribution is -2.18. The highest BCUT2D eigenvalue weighted by Crippen LogP contribution is 2.52. The van der Waals surface area contributed by atoms with Crippen LogP contribution in [0.25, 0.3) is 0 Å². The Morgan fingerprint density at radius 3 is 1.43 bits per heavy atom. The first-order valence-electron chi connectivity index (χ1n) is 6.59. The van der Waals surface area contributed by atoms with Crippen LogP contribution in [0.4, 0.5) is 0 Å². The molecule has 14 heavy (non-hydrogen) atoms. The second kappa shape index (κ2) is 3.87. The van der Waals surface area contributed by atoms with E-state index in [1.807, 2.05) is 0 Å². The summed E-state index contributed by atoms with van der Waals surface area (Å²) in [6.07, 6.45) is 6.18. The number of rotatable bonds is 3. The summed E-state index contributed by atoms with van der Waals surface area (Å²) in [5.41, 5.74) is 0. The molecule has 2 atom stereocenters. The highest BCUT2D eigenvalue weighted by molar-refractivity contribution is 4.93. The molecule has 82 valence electrons. The third-order valence-electron chi connectivity index (χ3n) is 4.70. The lowest BCUT2D eigenvalue weighted by molar-refractivity contribution is 0.235. The van der Waals surface area contributed by atoms with E-state index in [0.29, 0.717) is 0 Å². The molecule has 0 radical (unpaired) electrons. The van der Waals surface area contributed by atoms with Crippen molar-refractivity contribution in [1.29, 1.82) is 0 Å². The van der Waals surface area contributed by atoms with Gasteiger partial charge in [0.05, 0.1) is 0 Å². The van der Waals surface area contributed by atoms with E-state index in [1.54, 1.807) is 25.7 Å². The summed E-state index contributed by atoms with van der Waals surface area (Å²) in [5, 5.41) is 0. The second-order valence-corrected chi connectivity index (χ2v) is 6.38. The van der Waals surface area contributed by atoms with E-state index >= 15 is 0 Å². The van der Waals surface area contributed by atoms with Gasteiger partial charge in [-0.05, 0) is 61.2 Å². The van der Waals surface area contributed by atoms with Gasteiger partial charge in [-0.1, -0.05) is 27.7 Å². The molecule has 2 unspecified atom stereocenters. The van der Waals surface area contributed by atoms with Crippen molar-refractivity contribution in [2.24, 2.45) is 35.5 Å². The molecule has 0 aromatic carbocycles. The minimum atomic E-state index is 0.908. The monoisotopic (exact) mass is 194 g/mol. The molecule has 0 aliphatic heterocycles. The average Bonchev–Trinajstić information content (AvgIpc) is 2.83. The standard InChI is InChI=1S/C14H26/c1-9(2)13-7-12(11-5-6-11)8-14(13)10(3)4/h9-14H,5-8H2,1-4H3. The van der Waals surface area contributed by atoms with Crippen LogP contribution < -0.4 is 0 Å². The van der Waals surface area contributed by atoms with Gasteiger partial charge in [-0.2, -0.15) is 0 Å². The first-order chi connectivity index (χ1) is 6.59. The van der Waals surface area contributed by atoms with Crippen LogP contribution in [0.1, 0.15) is 53.4 Å². The van der Waals surface area contributed by atoms with E-state index in [1.165, 1.54) is 0 Å². The lowest BCUT2D eigenvalue weighted by atomic mass is 9.80. The van der Waals surface area contributed by atoms with Crippen molar-refractivity contribution in [3.63, 3.8) is 0 Å². The van der Waals surface area contributed by atoms with Crippen LogP contribution in [0.15, 0.2) is 0 Å². The first kappa shape index (κ1) is 10.5. The van der Waals surface area contributed by atoms with Crippen LogP contribution in [0.5, 0.6) is 0 Å². The normalized spacial score (nSPS) is 38.6. The summed E-state index contributed by atoms with van der Waals surface area (Å²) < 4.78 is 0. The Hall–Kier alpha value is 0.